The van der Waals surface area contributed by atoms with Crippen LogP contribution in [0.5, 0.6) is 0 Å². The van der Waals surface area contributed by atoms with Crippen molar-refractivity contribution in [3.8, 4) is 0 Å². The molecule has 1 aromatic rings. The largest absolute Gasteiger partial charge is 0.445 e. The van der Waals surface area contributed by atoms with Crippen molar-refractivity contribution >= 4 is 23.4 Å². The summed E-state index contributed by atoms with van der Waals surface area (Å²) in [6.07, 6.45) is 4.51. The van der Waals surface area contributed by atoms with Crippen LogP contribution in [-0.2, 0) is 11.3 Å². The van der Waals surface area contributed by atoms with Gasteiger partial charge in [-0.05, 0) is 24.2 Å². The molecule has 25 heavy (non-hydrogen) atoms. The first kappa shape index (κ1) is 18.0. The van der Waals surface area contributed by atoms with Gasteiger partial charge in [-0.15, -0.1) is 0 Å². The first-order valence-electron chi connectivity index (χ1n) is 9.21. The van der Waals surface area contributed by atoms with Crippen LogP contribution in [0.25, 0.3) is 0 Å². The van der Waals surface area contributed by atoms with Crippen molar-refractivity contribution in [1.82, 2.24) is 15.1 Å². The summed E-state index contributed by atoms with van der Waals surface area (Å²) in [7, 11) is 0. The smallest absolute Gasteiger partial charge is 0.410 e. The van der Waals surface area contributed by atoms with Crippen molar-refractivity contribution in [2.75, 3.05) is 19.6 Å². The summed E-state index contributed by atoms with van der Waals surface area (Å²) in [5.41, 5.74) is 1.01. The third kappa shape index (κ3) is 4.42. The van der Waals surface area contributed by atoms with Crippen LogP contribution < -0.4 is 5.32 Å². The van der Waals surface area contributed by atoms with Crippen molar-refractivity contribution in [3.05, 3.63) is 35.9 Å². The Morgan fingerprint density at radius 1 is 1.28 bits per heavy atom. The molecule has 2 aliphatic heterocycles. The minimum Gasteiger partial charge on any atom is -0.445 e. The first-order chi connectivity index (χ1) is 12.2. The van der Waals surface area contributed by atoms with Gasteiger partial charge in [-0.3, -0.25) is 0 Å². The highest BCUT2D eigenvalue weighted by molar-refractivity contribution is 7.80. The summed E-state index contributed by atoms with van der Waals surface area (Å²) < 4.78 is 5.49. The highest BCUT2D eigenvalue weighted by atomic mass is 32.1. The standard InChI is InChI=1S/C19H27N3O2S/c1-2-3-5-10-16-17-13-21(11-12-22(17)18(25)20-16)19(23)24-14-15-8-6-4-7-9-15/h4,6-9,16-17H,2-3,5,10-14H2,1H3,(H,20,25). The molecule has 0 aromatic heterocycles. The monoisotopic (exact) mass is 361 g/mol. The Bertz CT molecular complexity index is 596. The van der Waals surface area contributed by atoms with E-state index in [-0.39, 0.29) is 12.1 Å². The molecule has 136 valence electrons. The van der Waals surface area contributed by atoms with E-state index in [0.29, 0.717) is 25.7 Å². The van der Waals surface area contributed by atoms with Gasteiger partial charge in [-0.2, -0.15) is 0 Å². The van der Waals surface area contributed by atoms with Crippen LogP contribution in [0.2, 0.25) is 0 Å². The molecule has 1 N–H and O–H groups in total. The Morgan fingerprint density at radius 3 is 2.84 bits per heavy atom. The van der Waals surface area contributed by atoms with Gasteiger partial charge in [0.05, 0.1) is 12.1 Å². The molecule has 0 aliphatic carbocycles. The topological polar surface area (TPSA) is 44.8 Å². The second-order valence-electron chi connectivity index (χ2n) is 6.80. The Hall–Kier alpha value is -1.82. The van der Waals surface area contributed by atoms with Gasteiger partial charge in [0.15, 0.2) is 5.11 Å². The van der Waals surface area contributed by atoms with Crippen molar-refractivity contribution in [2.24, 2.45) is 0 Å². The van der Waals surface area contributed by atoms with Crippen molar-refractivity contribution < 1.29 is 9.53 Å². The Labute approximate surface area is 155 Å². The number of piperazine rings is 1. The normalized spacial score (nSPS) is 22.5. The maximum absolute atomic E-state index is 12.4. The average Bonchev–Trinajstić information content (AvgIpc) is 2.96. The third-order valence-electron chi connectivity index (χ3n) is 5.03. The number of fused-ring (bicyclic) bond motifs is 1. The molecule has 2 unspecified atom stereocenters. The van der Waals surface area contributed by atoms with Gasteiger partial charge in [0.2, 0.25) is 0 Å². The molecule has 1 amide bonds. The first-order valence-corrected chi connectivity index (χ1v) is 9.62. The second kappa shape index (κ2) is 8.52. The van der Waals surface area contributed by atoms with Gasteiger partial charge in [-0.1, -0.05) is 56.5 Å². The quantitative estimate of drug-likeness (QED) is 0.623. The maximum Gasteiger partial charge on any atom is 0.410 e. The average molecular weight is 362 g/mol. The minimum atomic E-state index is -0.228. The van der Waals surface area contributed by atoms with Crippen molar-refractivity contribution in [2.45, 2.75) is 51.3 Å². The molecule has 0 spiro atoms. The molecular formula is C19H27N3O2S. The molecular weight excluding hydrogens is 334 g/mol. The van der Waals surface area contributed by atoms with Crippen LogP contribution in [0.1, 0.15) is 38.2 Å². The Balaban J connectivity index is 1.54. The number of thiocarbonyl (C=S) groups is 1. The van der Waals surface area contributed by atoms with E-state index in [1.54, 1.807) is 0 Å². The van der Waals surface area contributed by atoms with E-state index in [0.717, 1.165) is 23.6 Å². The lowest BCUT2D eigenvalue weighted by atomic mass is 10.0. The zero-order valence-corrected chi connectivity index (χ0v) is 15.6. The molecule has 2 heterocycles. The number of carbonyl (C=O) groups is 1. The summed E-state index contributed by atoms with van der Waals surface area (Å²) >= 11 is 5.47. The van der Waals surface area contributed by atoms with Crippen molar-refractivity contribution in [1.29, 1.82) is 0 Å². The van der Waals surface area contributed by atoms with E-state index in [1.807, 2.05) is 35.2 Å². The molecule has 6 heteroatoms. The lowest BCUT2D eigenvalue weighted by molar-refractivity contribution is 0.0681. The molecule has 3 rings (SSSR count). The molecule has 2 aliphatic rings. The lowest BCUT2D eigenvalue weighted by Gasteiger charge is -2.38. The van der Waals surface area contributed by atoms with E-state index in [2.05, 4.69) is 17.1 Å². The Kier molecular flexibility index (Phi) is 6.13. The van der Waals surface area contributed by atoms with Crippen LogP contribution in [0.15, 0.2) is 30.3 Å². The molecule has 2 saturated heterocycles. The number of nitrogens with zero attached hydrogens (tertiary/aromatic N) is 2. The lowest BCUT2D eigenvalue weighted by Crippen LogP contribution is -2.55. The number of benzene rings is 1. The number of hydrogen-bond donors (Lipinski definition) is 1. The zero-order chi connectivity index (χ0) is 17.6. The van der Waals surface area contributed by atoms with E-state index in [4.69, 9.17) is 17.0 Å². The number of amides is 1. The molecule has 0 radical (unpaired) electrons. The van der Waals surface area contributed by atoms with Gasteiger partial charge in [0.25, 0.3) is 0 Å². The van der Waals surface area contributed by atoms with Crippen molar-refractivity contribution in [3.63, 3.8) is 0 Å². The maximum atomic E-state index is 12.4. The number of unbranched alkanes of at least 4 members (excludes halogenated alkanes) is 2. The number of rotatable bonds is 6. The summed E-state index contributed by atoms with van der Waals surface area (Å²) in [5, 5.41) is 4.29. The second-order valence-corrected chi connectivity index (χ2v) is 7.19. The van der Waals surface area contributed by atoms with E-state index in [9.17, 15) is 4.79 Å². The fourth-order valence-electron chi connectivity index (χ4n) is 3.60. The van der Waals surface area contributed by atoms with Crippen LogP contribution >= 0.6 is 12.2 Å². The summed E-state index contributed by atoms with van der Waals surface area (Å²) in [6.45, 7) is 4.65. The number of carbonyl (C=O) groups excluding carboxylic acids is 1. The predicted octanol–water partition coefficient (Wildman–Crippen LogP) is 3.15. The van der Waals surface area contributed by atoms with Gasteiger partial charge in [0.1, 0.15) is 6.61 Å². The van der Waals surface area contributed by atoms with Gasteiger partial charge < -0.3 is 19.9 Å². The minimum absolute atomic E-state index is 0.228. The van der Waals surface area contributed by atoms with Crippen LogP contribution in [-0.4, -0.2) is 52.7 Å². The SMILES string of the molecule is CCCCCC1NC(=S)N2CCN(C(=O)OCc3ccccc3)CC12. The van der Waals surface area contributed by atoms with Gasteiger partial charge in [-0.25, -0.2) is 4.79 Å². The third-order valence-corrected chi connectivity index (χ3v) is 5.39. The van der Waals surface area contributed by atoms with E-state index >= 15 is 0 Å². The molecule has 2 fully saturated rings. The molecule has 2 atom stereocenters. The number of hydrogen-bond acceptors (Lipinski definition) is 3. The van der Waals surface area contributed by atoms with E-state index < -0.39 is 0 Å². The van der Waals surface area contributed by atoms with Crippen LogP contribution in [0, 0.1) is 0 Å². The molecule has 5 nitrogen and oxygen atoms in total. The van der Waals surface area contributed by atoms with E-state index in [1.165, 1.54) is 19.3 Å². The summed E-state index contributed by atoms with van der Waals surface area (Å²) in [5.74, 6) is 0. The fraction of sp³-hybridized carbons (Fsp3) is 0.579. The molecule has 1 aromatic carbocycles. The Morgan fingerprint density at radius 2 is 2.08 bits per heavy atom. The molecule has 0 bridgehead atoms. The highest BCUT2D eigenvalue weighted by Crippen LogP contribution is 2.23. The predicted molar refractivity (Wildman–Crippen MR) is 102 cm³/mol. The van der Waals surface area contributed by atoms with Crippen LogP contribution in [0.4, 0.5) is 4.79 Å². The summed E-state index contributed by atoms with van der Waals surface area (Å²) in [6, 6.07) is 10.4. The van der Waals surface area contributed by atoms with Gasteiger partial charge in [0, 0.05) is 19.6 Å². The summed E-state index contributed by atoms with van der Waals surface area (Å²) in [4.78, 5) is 16.5. The number of ether oxygens (including phenoxy) is 1. The van der Waals surface area contributed by atoms with Gasteiger partial charge >= 0.3 is 6.09 Å². The zero-order valence-electron chi connectivity index (χ0n) is 14.8. The highest BCUT2D eigenvalue weighted by Gasteiger charge is 2.41. The van der Waals surface area contributed by atoms with Crippen LogP contribution in [0.3, 0.4) is 0 Å². The molecule has 0 saturated carbocycles. The fourth-order valence-corrected chi connectivity index (χ4v) is 3.98. The number of nitrogens with one attached hydrogen (secondary N) is 1.